The van der Waals surface area contributed by atoms with E-state index in [1.54, 1.807) is 0 Å². The molecule has 0 nitrogen and oxygen atoms in total. The Morgan fingerprint density at radius 2 is 1.71 bits per heavy atom. The van der Waals surface area contributed by atoms with Crippen molar-refractivity contribution in [2.45, 2.75) is 6.43 Å². The fourth-order valence-electron chi connectivity index (χ4n) is 1.03. The average Bonchev–Trinajstić information content (AvgIpc) is 2.01. The van der Waals surface area contributed by atoms with Gasteiger partial charge in [0.25, 0.3) is 6.43 Å². The Labute approximate surface area is 81.7 Å². The van der Waals surface area contributed by atoms with Crippen molar-refractivity contribution in [2.75, 3.05) is 0 Å². The third-order valence-corrected chi connectivity index (χ3v) is 1.87. The molecule has 0 amide bonds. The fourth-order valence-corrected chi connectivity index (χ4v) is 1.21. The number of halogens is 6. The summed E-state index contributed by atoms with van der Waals surface area (Å²) >= 11 is 5.29. The fraction of sp³-hybridized carbons (Fsp3) is 0.143. The van der Waals surface area contributed by atoms with Crippen molar-refractivity contribution in [3.05, 3.63) is 28.8 Å². The van der Waals surface area contributed by atoms with Crippen molar-refractivity contribution in [3.63, 3.8) is 0 Å². The molecule has 0 unspecified atom stereocenters. The first kappa shape index (κ1) is 11.3. The quantitative estimate of drug-likeness (QED) is 0.539. The summed E-state index contributed by atoms with van der Waals surface area (Å²) in [5.41, 5.74) is -2.35. The van der Waals surface area contributed by atoms with Gasteiger partial charge in [-0.25, -0.2) is 8.78 Å². The maximum Gasteiger partial charge on any atom is 0.510 e. The number of rotatable bonds is 2. The lowest BCUT2D eigenvalue weighted by molar-refractivity contribution is 0.152. The summed E-state index contributed by atoms with van der Waals surface area (Å²) in [4.78, 5) is 0. The summed E-state index contributed by atoms with van der Waals surface area (Å²) in [5.74, 6) is 0. The highest BCUT2D eigenvalue weighted by Gasteiger charge is 2.30. The standard InChI is InChI=1S/C7H4BClF5/c9-4-1-2-5(7(10)11)6(3-4)8(12,13)14/h1-3,7H/q-1. The van der Waals surface area contributed by atoms with E-state index in [0.29, 0.717) is 12.1 Å². The Morgan fingerprint density at radius 1 is 1.14 bits per heavy atom. The summed E-state index contributed by atoms with van der Waals surface area (Å²) in [7, 11) is 0. The lowest BCUT2D eigenvalue weighted by atomic mass is 9.77. The van der Waals surface area contributed by atoms with Crippen LogP contribution in [0.1, 0.15) is 12.0 Å². The van der Waals surface area contributed by atoms with Crippen molar-refractivity contribution in [1.82, 2.24) is 0 Å². The summed E-state index contributed by atoms with van der Waals surface area (Å²) in [6.45, 7) is -5.45. The molecule has 1 aromatic carbocycles. The molecule has 0 N–H and O–H groups in total. The van der Waals surface area contributed by atoms with Crippen LogP contribution in [-0.4, -0.2) is 6.98 Å². The van der Waals surface area contributed by atoms with Crippen molar-refractivity contribution < 1.29 is 21.7 Å². The Bertz CT molecular complexity index is 335. The van der Waals surface area contributed by atoms with E-state index in [-0.39, 0.29) is 5.02 Å². The van der Waals surface area contributed by atoms with Crippen LogP contribution < -0.4 is 5.46 Å². The van der Waals surface area contributed by atoms with Crippen LogP contribution >= 0.6 is 11.6 Å². The highest BCUT2D eigenvalue weighted by molar-refractivity contribution is 6.74. The van der Waals surface area contributed by atoms with Gasteiger partial charge >= 0.3 is 6.98 Å². The summed E-state index contributed by atoms with van der Waals surface area (Å²) in [5, 5.41) is -0.205. The maximum atomic E-state index is 12.3. The van der Waals surface area contributed by atoms with Gasteiger partial charge in [0.1, 0.15) is 0 Å². The smallest absolute Gasteiger partial charge is 0.445 e. The first-order chi connectivity index (χ1) is 6.32. The second-order valence-electron chi connectivity index (χ2n) is 2.65. The number of benzene rings is 1. The second kappa shape index (κ2) is 3.77. The number of hydrogen-bond acceptors (Lipinski definition) is 0. The molecule has 1 rings (SSSR count). The average molecular weight is 229 g/mol. The lowest BCUT2D eigenvalue weighted by Crippen LogP contribution is -2.37. The van der Waals surface area contributed by atoms with Crippen molar-refractivity contribution in [1.29, 1.82) is 0 Å². The predicted octanol–water partition coefficient (Wildman–Crippen LogP) is 3.33. The molecule has 0 atom stereocenters. The van der Waals surface area contributed by atoms with Crippen LogP contribution in [0.15, 0.2) is 18.2 Å². The third kappa shape index (κ3) is 2.38. The highest BCUT2D eigenvalue weighted by Crippen LogP contribution is 2.23. The summed E-state index contributed by atoms with van der Waals surface area (Å²) in [6.07, 6.45) is -3.15. The van der Waals surface area contributed by atoms with Gasteiger partial charge in [0.2, 0.25) is 0 Å². The first-order valence-corrected chi connectivity index (χ1v) is 3.97. The van der Waals surface area contributed by atoms with E-state index < -0.39 is 24.4 Å². The van der Waals surface area contributed by atoms with Crippen LogP contribution in [0.3, 0.4) is 0 Å². The Morgan fingerprint density at radius 3 is 2.14 bits per heavy atom. The molecule has 0 aliphatic rings. The van der Waals surface area contributed by atoms with Gasteiger partial charge in [0, 0.05) is 5.02 Å². The Hall–Kier alpha value is -0.775. The molecule has 0 bridgehead atoms. The molecule has 0 heterocycles. The van der Waals surface area contributed by atoms with Crippen LogP contribution in [0.5, 0.6) is 0 Å². The van der Waals surface area contributed by atoms with Gasteiger partial charge in [0.15, 0.2) is 0 Å². The van der Waals surface area contributed by atoms with Crippen molar-refractivity contribution >= 4 is 24.0 Å². The second-order valence-corrected chi connectivity index (χ2v) is 3.09. The van der Waals surface area contributed by atoms with Gasteiger partial charge < -0.3 is 12.9 Å². The molecule has 0 aliphatic heterocycles. The molecule has 0 saturated carbocycles. The van der Waals surface area contributed by atoms with E-state index in [2.05, 4.69) is 0 Å². The number of hydrogen-bond donors (Lipinski definition) is 0. The zero-order chi connectivity index (χ0) is 10.9. The Kier molecular flexibility index (Phi) is 3.04. The molecule has 0 aromatic heterocycles. The zero-order valence-electron chi connectivity index (χ0n) is 6.65. The minimum Gasteiger partial charge on any atom is -0.445 e. The molecule has 0 aliphatic carbocycles. The van der Waals surface area contributed by atoms with Gasteiger partial charge in [-0.3, -0.25) is 0 Å². The molecule has 78 valence electrons. The van der Waals surface area contributed by atoms with Crippen LogP contribution in [0.4, 0.5) is 21.7 Å². The topological polar surface area (TPSA) is 0 Å². The molecule has 0 radical (unpaired) electrons. The van der Waals surface area contributed by atoms with Crippen LogP contribution in [-0.2, 0) is 0 Å². The maximum absolute atomic E-state index is 12.3. The number of alkyl halides is 2. The predicted molar refractivity (Wildman–Crippen MR) is 45.1 cm³/mol. The van der Waals surface area contributed by atoms with E-state index >= 15 is 0 Å². The Balaban J connectivity index is 3.30. The van der Waals surface area contributed by atoms with E-state index in [9.17, 15) is 21.7 Å². The molecule has 0 fully saturated rings. The molecule has 7 heteroatoms. The first-order valence-electron chi connectivity index (χ1n) is 3.60. The highest BCUT2D eigenvalue weighted by atomic mass is 35.5. The summed E-state index contributed by atoms with van der Waals surface area (Å²) < 4.78 is 61.1. The van der Waals surface area contributed by atoms with E-state index in [1.807, 2.05) is 0 Å². The van der Waals surface area contributed by atoms with Crippen LogP contribution in [0, 0.1) is 0 Å². The van der Waals surface area contributed by atoms with E-state index in [1.165, 1.54) is 0 Å². The minimum atomic E-state index is -5.45. The van der Waals surface area contributed by atoms with Crippen molar-refractivity contribution in [3.8, 4) is 0 Å². The van der Waals surface area contributed by atoms with Gasteiger partial charge in [-0.2, -0.15) is 0 Å². The monoisotopic (exact) mass is 229 g/mol. The molecule has 1 aromatic rings. The van der Waals surface area contributed by atoms with E-state index in [0.717, 1.165) is 6.07 Å². The SMILES string of the molecule is FC(F)c1ccc(Cl)cc1[B-](F)(F)F. The molecule has 0 saturated heterocycles. The minimum absolute atomic E-state index is 0.205. The molecule has 0 spiro atoms. The van der Waals surface area contributed by atoms with Crippen LogP contribution in [0.2, 0.25) is 5.02 Å². The van der Waals surface area contributed by atoms with Crippen molar-refractivity contribution in [2.24, 2.45) is 0 Å². The third-order valence-electron chi connectivity index (χ3n) is 1.64. The van der Waals surface area contributed by atoms with Crippen LogP contribution in [0.25, 0.3) is 0 Å². The van der Waals surface area contributed by atoms with E-state index in [4.69, 9.17) is 11.6 Å². The normalized spacial score (nSPS) is 12.2. The summed E-state index contributed by atoms with van der Waals surface area (Å²) in [6, 6.07) is 2.22. The largest absolute Gasteiger partial charge is 0.510 e. The van der Waals surface area contributed by atoms with Gasteiger partial charge in [-0.05, 0) is 11.6 Å². The lowest BCUT2D eigenvalue weighted by Gasteiger charge is -2.19. The zero-order valence-corrected chi connectivity index (χ0v) is 7.41. The van der Waals surface area contributed by atoms with Gasteiger partial charge in [-0.1, -0.05) is 29.2 Å². The van der Waals surface area contributed by atoms with Gasteiger partial charge in [0.05, 0.1) is 0 Å². The van der Waals surface area contributed by atoms with Gasteiger partial charge in [-0.15, -0.1) is 0 Å². The molecular weight excluding hydrogens is 225 g/mol. The molecule has 14 heavy (non-hydrogen) atoms. The molecular formula is C7H4BClF5-.